The van der Waals surface area contributed by atoms with E-state index in [1.54, 1.807) is 19.2 Å². The minimum Gasteiger partial charge on any atom is -0.508 e. The van der Waals surface area contributed by atoms with Gasteiger partial charge < -0.3 is 9.84 Å². The Morgan fingerprint density at radius 2 is 1.83 bits per heavy atom. The van der Waals surface area contributed by atoms with Gasteiger partial charge in [-0.05, 0) is 59.3 Å². The first-order valence-corrected chi connectivity index (χ1v) is 8.19. The van der Waals surface area contributed by atoms with Crippen molar-refractivity contribution in [1.82, 2.24) is 15.2 Å². The van der Waals surface area contributed by atoms with Crippen LogP contribution in [-0.2, 0) is 0 Å². The minimum absolute atomic E-state index is 0.226. The number of aryl methyl sites for hydroxylation is 1. The fourth-order valence-electron chi connectivity index (χ4n) is 2.97. The van der Waals surface area contributed by atoms with E-state index >= 15 is 0 Å². The molecule has 0 aliphatic rings. The molecule has 0 saturated carbocycles. The molecule has 0 aliphatic heterocycles. The van der Waals surface area contributed by atoms with E-state index in [0.29, 0.717) is 0 Å². The molecule has 24 heavy (non-hydrogen) atoms. The Balaban J connectivity index is 2.18. The first-order valence-electron chi connectivity index (χ1n) is 7.40. The van der Waals surface area contributed by atoms with E-state index < -0.39 is 0 Å². The van der Waals surface area contributed by atoms with Gasteiger partial charge in [0, 0.05) is 16.3 Å². The molecule has 0 spiro atoms. The highest BCUT2D eigenvalue weighted by atomic mass is 79.9. The number of benzene rings is 2. The van der Waals surface area contributed by atoms with Crippen molar-refractivity contribution in [1.29, 1.82) is 0 Å². The van der Waals surface area contributed by atoms with Gasteiger partial charge in [-0.2, -0.15) is 5.10 Å². The molecule has 4 aromatic rings. The normalized spacial score (nSPS) is 11.3. The van der Waals surface area contributed by atoms with Crippen molar-refractivity contribution < 1.29 is 9.84 Å². The lowest BCUT2D eigenvalue weighted by atomic mass is 10.0. The zero-order chi connectivity index (χ0) is 16.8. The van der Waals surface area contributed by atoms with Gasteiger partial charge in [0.05, 0.1) is 28.4 Å². The molecule has 2 aromatic carbocycles. The molecule has 0 unspecified atom stereocenters. The summed E-state index contributed by atoms with van der Waals surface area (Å²) in [6, 6.07) is 10.9. The van der Waals surface area contributed by atoms with Crippen molar-refractivity contribution in [3.8, 4) is 22.8 Å². The summed E-state index contributed by atoms with van der Waals surface area (Å²) in [6.45, 7) is 1.95. The van der Waals surface area contributed by atoms with E-state index in [2.05, 4.69) is 26.1 Å². The van der Waals surface area contributed by atoms with Crippen molar-refractivity contribution in [3.05, 3.63) is 46.6 Å². The van der Waals surface area contributed by atoms with Gasteiger partial charge >= 0.3 is 0 Å². The second kappa shape index (κ2) is 5.49. The first-order chi connectivity index (χ1) is 11.6. The van der Waals surface area contributed by atoms with Gasteiger partial charge in [0.2, 0.25) is 0 Å². The zero-order valence-electron chi connectivity index (χ0n) is 13.1. The molecular weight excluding hydrogens is 370 g/mol. The van der Waals surface area contributed by atoms with Gasteiger partial charge in [0.15, 0.2) is 5.65 Å². The van der Waals surface area contributed by atoms with Crippen molar-refractivity contribution in [2.45, 2.75) is 6.92 Å². The molecule has 2 N–H and O–H groups in total. The Labute approximate surface area is 146 Å². The van der Waals surface area contributed by atoms with Crippen molar-refractivity contribution in [3.63, 3.8) is 0 Å². The Morgan fingerprint density at radius 1 is 1.08 bits per heavy atom. The lowest BCUT2D eigenvalue weighted by molar-refractivity contribution is 0.413. The van der Waals surface area contributed by atoms with Crippen LogP contribution in [0.15, 0.2) is 40.9 Å². The summed E-state index contributed by atoms with van der Waals surface area (Å²) < 4.78 is 6.32. The van der Waals surface area contributed by atoms with Crippen LogP contribution in [0.1, 0.15) is 5.69 Å². The lowest BCUT2D eigenvalue weighted by Crippen LogP contribution is -1.92. The van der Waals surface area contributed by atoms with Crippen LogP contribution in [0.5, 0.6) is 11.5 Å². The number of nitrogens with one attached hydrogen (secondary N) is 1. The van der Waals surface area contributed by atoms with Crippen LogP contribution in [0.4, 0.5) is 0 Å². The number of nitrogens with zero attached hydrogens (tertiary/aromatic N) is 2. The summed E-state index contributed by atoms with van der Waals surface area (Å²) in [4.78, 5) is 4.76. The highest BCUT2D eigenvalue weighted by Crippen LogP contribution is 2.41. The predicted octanol–water partition coefficient (Wildman–Crippen LogP) is 4.56. The fraction of sp³-hybridized carbons (Fsp3) is 0.111. The van der Waals surface area contributed by atoms with Crippen LogP contribution in [0.25, 0.3) is 33.1 Å². The standard InChI is InChI=1S/C18H14BrN3O2/c1-9-14-15-12(7-8-13(24-2)16(15)19)17(20-18(14)22-21-9)10-3-5-11(23)6-4-10/h3-8,23H,1-2H3,(H,20,21,22). The molecule has 0 atom stereocenters. The summed E-state index contributed by atoms with van der Waals surface area (Å²) in [5.74, 6) is 0.983. The van der Waals surface area contributed by atoms with Gasteiger partial charge in [-0.15, -0.1) is 0 Å². The molecule has 0 radical (unpaired) electrons. The third-order valence-corrected chi connectivity index (χ3v) is 4.91. The maximum atomic E-state index is 9.54. The summed E-state index contributed by atoms with van der Waals surface area (Å²) in [5.41, 5.74) is 3.35. The topological polar surface area (TPSA) is 71.0 Å². The number of rotatable bonds is 2. The van der Waals surface area contributed by atoms with Crippen LogP contribution < -0.4 is 4.74 Å². The molecule has 2 aromatic heterocycles. The Bertz CT molecular complexity index is 1070. The van der Waals surface area contributed by atoms with Gasteiger partial charge in [0.25, 0.3) is 0 Å². The van der Waals surface area contributed by atoms with E-state index in [1.165, 1.54) is 0 Å². The minimum atomic E-state index is 0.226. The van der Waals surface area contributed by atoms with Crippen LogP contribution in [0.3, 0.4) is 0 Å². The molecule has 5 nitrogen and oxygen atoms in total. The molecule has 0 saturated heterocycles. The van der Waals surface area contributed by atoms with Gasteiger partial charge in [0.1, 0.15) is 11.5 Å². The van der Waals surface area contributed by atoms with Crippen molar-refractivity contribution in [2.75, 3.05) is 7.11 Å². The number of aromatic hydroxyl groups is 1. The number of pyridine rings is 1. The quantitative estimate of drug-likeness (QED) is 0.532. The lowest BCUT2D eigenvalue weighted by Gasteiger charge is -2.12. The summed E-state index contributed by atoms with van der Waals surface area (Å²) in [5, 5.41) is 19.8. The number of hydrogen-bond acceptors (Lipinski definition) is 4. The third-order valence-electron chi connectivity index (χ3n) is 4.12. The predicted molar refractivity (Wildman–Crippen MR) is 97.5 cm³/mol. The first kappa shape index (κ1) is 15.0. The monoisotopic (exact) mass is 383 g/mol. The maximum absolute atomic E-state index is 9.54. The molecule has 6 heteroatoms. The second-order valence-corrected chi connectivity index (χ2v) is 6.34. The molecule has 4 rings (SSSR count). The van der Waals surface area contributed by atoms with Crippen LogP contribution in [-0.4, -0.2) is 27.4 Å². The number of aromatic amines is 1. The number of fused-ring (bicyclic) bond motifs is 3. The largest absolute Gasteiger partial charge is 0.508 e. The number of halogens is 1. The molecule has 2 heterocycles. The van der Waals surface area contributed by atoms with Crippen molar-refractivity contribution in [2.24, 2.45) is 0 Å². The number of phenols is 1. The second-order valence-electron chi connectivity index (χ2n) is 5.54. The molecule has 0 bridgehead atoms. The van der Waals surface area contributed by atoms with Gasteiger partial charge in [-0.25, -0.2) is 4.98 Å². The van der Waals surface area contributed by atoms with Crippen LogP contribution in [0.2, 0.25) is 0 Å². The van der Waals surface area contributed by atoms with Gasteiger partial charge in [-0.1, -0.05) is 0 Å². The SMILES string of the molecule is COc1ccc2c(-c3ccc(O)cc3)nc3[nH]nc(C)c3c2c1Br. The average Bonchev–Trinajstić information content (AvgIpc) is 2.96. The van der Waals surface area contributed by atoms with E-state index in [0.717, 1.165) is 49.0 Å². The number of ether oxygens (including phenoxy) is 1. The maximum Gasteiger partial charge on any atom is 0.156 e. The van der Waals surface area contributed by atoms with E-state index in [4.69, 9.17) is 9.72 Å². The highest BCUT2D eigenvalue weighted by molar-refractivity contribution is 9.10. The number of H-pyrrole nitrogens is 1. The average molecular weight is 384 g/mol. The number of aromatic nitrogens is 3. The van der Waals surface area contributed by atoms with Crippen LogP contribution >= 0.6 is 15.9 Å². The molecular formula is C18H14BrN3O2. The van der Waals surface area contributed by atoms with Crippen LogP contribution in [0, 0.1) is 6.92 Å². The smallest absolute Gasteiger partial charge is 0.156 e. The molecule has 120 valence electrons. The molecule has 0 amide bonds. The Kier molecular flexibility index (Phi) is 3.42. The number of hydrogen-bond donors (Lipinski definition) is 2. The van der Waals surface area contributed by atoms with Gasteiger partial charge in [-0.3, -0.25) is 5.10 Å². The van der Waals surface area contributed by atoms with E-state index in [9.17, 15) is 5.11 Å². The number of phenolic OH excluding ortho intramolecular Hbond substituents is 1. The Hall–Kier alpha value is -2.60. The molecule has 0 fully saturated rings. The summed E-state index contributed by atoms with van der Waals surface area (Å²) in [6.07, 6.45) is 0. The van der Waals surface area contributed by atoms with E-state index in [-0.39, 0.29) is 5.75 Å². The van der Waals surface area contributed by atoms with E-state index in [1.807, 2.05) is 31.2 Å². The molecule has 0 aliphatic carbocycles. The highest BCUT2D eigenvalue weighted by Gasteiger charge is 2.18. The summed E-state index contributed by atoms with van der Waals surface area (Å²) in [7, 11) is 1.65. The van der Waals surface area contributed by atoms with Crippen molar-refractivity contribution >= 4 is 37.7 Å². The third kappa shape index (κ3) is 2.14. The number of methoxy groups -OCH3 is 1. The fourth-order valence-corrected chi connectivity index (χ4v) is 3.67. The Morgan fingerprint density at radius 3 is 2.54 bits per heavy atom. The zero-order valence-corrected chi connectivity index (χ0v) is 14.7. The summed E-state index contributed by atoms with van der Waals surface area (Å²) >= 11 is 3.67.